The van der Waals surface area contributed by atoms with Gasteiger partial charge in [-0.05, 0) is 36.8 Å². The molecular weight excluding hydrogens is 341 g/mol. The van der Waals surface area contributed by atoms with Crippen LogP contribution >= 0.6 is 0 Å². The Hall–Kier alpha value is -3.55. The maximum atomic E-state index is 13.1. The van der Waals surface area contributed by atoms with Gasteiger partial charge in [0.05, 0.1) is 12.2 Å². The van der Waals surface area contributed by atoms with Crippen molar-refractivity contribution in [3.05, 3.63) is 92.0 Å². The topological polar surface area (TPSA) is 94.2 Å². The quantitative estimate of drug-likeness (QED) is 0.767. The Kier molecular flexibility index (Phi) is 4.49. The Bertz CT molecular complexity index is 1100. The molecule has 1 aromatic heterocycles. The Morgan fingerprint density at radius 2 is 1.85 bits per heavy atom. The van der Waals surface area contributed by atoms with E-state index in [4.69, 9.17) is 0 Å². The summed E-state index contributed by atoms with van der Waals surface area (Å²) in [5.41, 5.74) is -0.853. The molecule has 0 radical (unpaired) electrons. The number of carbonyl (C=O) groups is 1. The van der Waals surface area contributed by atoms with Crippen molar-refractivity contribution in [3.63, 3.8) is 0 Å². The van der Waals surface area contributed by atoms with Gasteiger partial charge in [0.25, 0.3) is 5.56 Å². The Morgan fingerprint density at radius 1 is 1.15 bits per heavy atom. The van der Waals surface area contributed by atoms with Gasteiger partial charge in [-0.3, -0.25) is 9.36 Å². The summed E-state index contributed by atoms with van der Waals surface area (Å²) < 4.78 is 14.7. The second-order valence-electron chi connectivity index (χ2n) is 5.70. The van der Waals surface area contributed by atoms with Crippen LogP contribution in [0.1, 0.15) is 21.6 Å². The van der Waals surface area contributed by atoms with Gasteiger partial charge in [0.1, 0.15) is 5.82 Å². The molecular formula is C18H14FN3O4. The molecule has 7 nitrogen and oxygen atoms in total. The SMILES string of the molecule is Cc1cccc(Cn2c(=O)c(C(=O)O)nn(-c3ccc(F)cc3)c2=O)c1. The first-order chi connectivity index (χ1) is 12.4. The van der Waals surface area contributed by atoms with E-state index in [0.29, 0.717) is 5.56 Å². The second kappa shape index (κ2) is 6.75. The molecule has 0 fully saturated rings. The van der Waals surface area contributed by atoms with Crippen LogP contribution in [-0.2, 0) is 6.54 Å². The zero-order valence-corrected chi connectivity index (χ0v) is 13.7. The first kappa shape index (κ1) is 17.3. The van der Waals surface area contributed by atoms with E-state index in [1.807, 2.05) is 13.0 Å². The van der Waals surface area contributed by atoms with E-state index in [-0.39, 0.29) is 12.2 Å². The molecule has 1 N–H and O–H groups in total. The maximum absolute atomic E-state index is 13.1. The molecule has 0 aliphatic carbocycles. The number of hydrogen-bond donors (Lipinski definition) is 1. The molecule has 0 amide bonds. The van der Waals surface area contributed by atoms with Crippen molar-refractivity contribution >= 4 is 5.97 Å². The van der Waals surface area contributed by atoms with Crippen LogP contribution in [0.5, 0.6) is 0 Å². The zero-order valence-electron chi connectivity index (χ0n) is 13.7. The van der Waals surface area contributed by atoms with Crippen LogP contribution in [0.2, 0.25) is 0 Å². The highest BCUT2D eigenvalue weighted by atomic mass is 19.1. The number of aryl methyl sites for hydroxylation is 1. The molecule has 3 aromatic rings. The normalized spacial score (nSPS) is 10.7. The van der Waals surface area contributed by atoms with Gasteiger partial charge in [0, 0.05) is 0 Å². The minimum atomic E-state index is -1.55. The van der Waals surface area contributed by atoms with Gasteiger partial charge in [-0.25, -0.2) is 14.0 Å². The highest BCUT2D eigenvalue weighted by Crippen LogP contribution is 2.07. The molecule has 0 bridgehead atoms. The zero-order chi connectivity index (χ0) is 18.8. The van der Waals surface area contributed by atoms with Crippen LogP contribution < -0.4 is 11.2 Å². The number of benzene rings is 2. The lowest BCUT2D eigenvalue weighted by molar-refractivity contribution is 0.0684. The van der Waals surface area contributed by atoms with Crippen molar-refractivity contribution in [2.75, 3.05) is 0 Å². The average Bonchev–Trinajstić information content (AvgIpc) is 2.59. The molecule has 0 atom stereocenters. The smallest absolute Gasteiger partial charge is 0.362 e. The van der Waals surface area contributed by atoms with Crippen molar-refractivity contribution in [2.45, 2.75) is 13.5 Å². The maximum Gasteiger partial charge on any atom is 0.362 e. The van der Waals surface area contributed by atoms with Crippen LogP contribution in [0.3, 0.4) is 0 Å². The van der Waals surface area contributed by atoms with Gasteiger partial charge < -0.3 is 5.11 Å². The fraction of sp³-hybridized carbons (Fsp3) is 0.111. The Balaban J connectivity index is 2.22. The fourth-order valence-corrected chi connectivity index (χ4v) is 2.53. The van der Waals surface area contributed by atoms with E-state index in [1.165, 1.54) is 12.1 Å². The largest absolute Gasteiger partial charge is 0.476 e. The summed E-state index contributed by atoms with van der Waals surface area (Å²) in [6.07, 6.45) is 0. The third-order valence-electron chi connectivity index (χ3n) is 3.76. The number of aromatic carboxylic acids is 1. The van der Waals surface area contributed by atoms with E-state index >= 15 is 0 Å². The molecule has 1 heterocycles. The Labute approximate surface area is 146 Å². The summed E-state index contributed by atoms with van der Waals surface area (Å²) >= 11 is 0. The van der Waals surface area contributed by atoms with Crippen molar-refractivity contribution in [3.8, 4) is 5.69 Å². The molecule has 132 valence electrons. The molecule has 0 spiro atoms. The number of carboxylic acid groups (broad SMARTS) is 1. The lowest BCUT2D eigenvalue weighted by atomic mass is 10.1. The summed E-state index contributed by atoms with van der Waals surface area (Å²) in [4.78, 5) is 36.5. The van der Waals surface area contributed by atoms with Crippen LogP contribution in [0.15, 0.2) is 58.1 Å². The van der Waals surface area contributed by atoms with Crippen molar-refractivity contribution in [2.24, 2.45) is 0 Å². The van der Waals surface area contributed by atoms with E-state index < -0.39 is 28.7 Å². The highest BCUT2D eigenvalue weighted by molar-refractivity contribution is 5.84. The van der Waals surface area contributed by atoms with Crippen molar-refractivity contribution in [1.82, 2.24) is 14.3 Å². The summed E-state index contributed by atoms with van der Waals surface area (Å²) in [7, 11) is 0. The Morgan fingerprint density at radius 3 is 2.46 bits per heavy atom. The molecule has 0 unspecified atom stereocenters. The molecule has 8 heteroatoms. The number of hydrogen-bond acceptors (Lipinski definition) is 4. The van der Waals surface area contributed by atoms with Gasteiger partial charge in [0.2, 0.25) is 5.69 Å². The molecule has 0 saturated heterocycles. The van der Waals surface area contributed by atoms with Gasteiger partial charge in [0.15, 0.2) is 0 Å². The molecule has 3 rings (SSSR count). The summed E-state index contributed by atoms with van der Waals surface area (Å²) in [6, 6.07) is 11.9. The summed E-state index contributed by atoms with van der Waals surface area (Å²) in [5.74, 6) is -2.07. The second-order valence-corrected chi connectivity index (χ2v) is 5.70. The van der Waals surface area contributed by atoms with Crippen LogP contribution in [-0.4, -0.2) is 25.4 Å². The summed E-state index contributed by atoms with van der Waals surface area (Å²) in [6.45, 7) is 1.75. The lowest BCUT2D eigenvalue weighted by Crippen LogP contribution is -2.44. The van der Waals surface area contributed by atoms with Gasteiger partial charge in [-0.2, -0.15) is 9.78 Å². The molecule has 26 heavy (non-hydrogen) atoms. The first-order valence-corrected chi connectivity index (χ1v) is 7.66. The highest BCUT2D eigenvalue weighted by Gasteiger charge is 2.19. The van der Waals surface area contributed by atoms with E-state index in [2.05, 4.69) is 5.10 Å². The fourth-order valence-electron chi connectivity index (χ4n) is 2.53. The number of rotatable bonds is 4. The number of aromatic nitrogens is 3. The monoisotopic (exact) mass is 355 g/mol. The molecule has 2 aromatic carbocycles. The van der Waals surface area contributed by atoms with Gasteiger partial charge in [-0.1, -0.05) is 29.8 Å². The first-order valence-electron chi connectivity index (χ1n) is 7.66. The predicted octanol–water partition coefficient (Wildman–Crippen LogP) is 1.59. The van der Waals surface area contributed by atoms with Crippen LogP contribution in [0, 0.1) is 12.7 Å². The van der Waals surface area contributed by atoms with E-state index in [0.717, 1.165) is 26.9 Å². The molecule has 0 aliphatic rings. The third kappa shape index (κ3) is 3.30. The van der Waals surface area contributed by atoms with E-state index in [9.17, 15) is 23.9 Å². The number of nitrogens with zero attached hydrogens (tertiary/aromatic N) is 3. The van der Waals surface area contributed by atoms with Crippen molar-refractivity contribution in [1.29, 1.82) is 0 Å². The van der Waals surface area contributed by atoms with Gasteiger partial charge >= 0.3 is 11.7 Å². The minimum Gasteiger partial charge on any atom is -0.476 e. The molecule has 0 saturated carbocycles. The van der Waals surface area contributed by atoms with Crippen LogP contribution in [0.4, 0.5) is 4.39 Å². The van der Waals surface area contributed by atoms with Crippen molar-refractivity contribution < 1.29 is 14.3 Å². The molecule has 0 aliphatic heterocycles. The minimum absolute atomic E-state index is 0.108. The number of carboxylic acids is 1. The lowest BCUT2D eigenvalue weighted by Gasteiger charge is -2.11. The van der Waals surface area contributed by atoms with Gasteiger partial charge in [-0.15, -0.1) is 0 Å². The predicted molar refractivity (Wildman–Crippen MR) is 91.3 cm³/mol. The number of halogens is 1. The average molecular weight is 355 g/mol. The van der Waals surface area contributed by atoms with E-state index in [1.54, 1.807) is 18.2 Å². The van der Waals surface area contributed by atoms with Crippen LogP contribution in [0.25, 0.3) is 5.69 Å². The third-order valence-corrected chi connectivity index (χ3v) is 3.76. The standard InChI is InChI=1S/C18H14FN3O4/c1-11-3-2-4-12(9-11)10-21-16(23)15(17(24)25)20-22(18(21)26)14-7-5-13(19)6-8-14/h2-9H,10H2,1H3,(H,24,25). The summed E-state index contributed by atoms with van der Waals surface area (Å²) in [5, 5.41) is 12.9.